The molecule has 0 saturated heterocycles. The first kappa shape index (κ1) is 21.2. The van der Waals surface area contributed by atoms with E-state index < -0.39 is 11.9 Å². The average Bonchev–Trinajstić information content (AvgIpc) is 2.73. The van der Waals surface area contributed by atoms with Crippen LogP contribution in [-0.2, 0) is 0 Å². The van der Waals surface area contributed by atoms with Crippen molar-refractivity contribution in [3.63, 3.8) is 0 Å². The Kier molecular flexibility index (Phi) is 5.45. The highest BCUT2D eigenvalue weighted by molar-refractivity contribution is 6.35. The van der Waals surface area contributed by atoms with Crippen molar-refractivity contribution in [3.05, 3.63) is 69.0 Å². The van der Waals surface area contributed by atoms with Crippen LogP contribution in [0.2, 0.25) is 10.0 Å². The number of nitrogens with zero attached hydrogens (tertiary/aromatic N) is 4. The number of aliphatic imine (C=N–C) groups is 1. The summed E-state index contributed by atoms with van der Waals surface area (Å²) >= 11 is 12.1. The zero-order chi connectivity index (χ0) is 23.0. The Hall–Kier alpha value is -4.05. The van der Waals surface area contributed by atoms with Crippen LogP contribution in [0.15, 0.2) is 41.4 Å². The first-order valence-corrected chi connectivity index (χ1v) is 9.82. The van der Waals surface area contributed by atoms with Crippen molar-refractivity contribution in [3.8, 4) is 23.4 Å². The van der Waals surface area contributed by atoms with Crippen molar-refractivity contribution in [1.29, 1.82) is 10.5 Å². The summed E-state index contributed by atoms with van der Waals surface area (Å²) < 4.78 is 15.3. The van der Waals surface area contributed by atoms with Gasteiger partial charge in [0.2, 0.25) is 5.96 Å². The monoisotopic (exact) mass is 466 g/mol. The summed E-state index contributed by atoms with van der Waals surface area (Å²) in [7, 11) is 0. The van der Waals surface area contributed by atoms with Gasteiger partial charge < -0.3 is 16.8 Å². The Morgan fingerprint density at radius 2 is 1.78 bits per heavy atom. The molecule has 4 rings (SSSR count). The number of hydrogen-bond donors (Lipinski definition) is 4. The van der Waals surface area contributed by atoms with E-state index in [1.54, 1.807) is 30.5 Å². The Labute approximate surface area is 191 Å². The van der Waals surface area contributed by atoms with Crippen molar-refractivity contribution in [1.82, 2.24) is 10.3 Å². The van der Waals surface area contributed by atoms with Gasteiger partial charge in [-0.15, -0.1) is 0 Å². The van der Waals surface area contributed by atoms with Gasteiger partial charge in [0.25, 0.3) is 0 Å². The number of aromatic nitrogens is 1. The minimum atomic E-state index is -0.987. The van der Waals surface area contributed by atoms with Crippen LogP contribution in [0.5, 0.6) is 0 Å². The topological polar surface area (TPSA) is 149 Å². The van der Waals surface area contributed by atoms with E-state index in [4.69, 9.17) is 39.9 Å². The van der Waals surface area contributed by atoms with Crippen LogP contribution in [0.3, 0.4) is 0 Å². The molecule has 1 aliphatic heterocycles. The highest BCUT2D eigenvalue weighted by atomic mass is 35.5. The van der Waals surface area contributed by atoms with Crippen molar-refractivity contribution in [2.45, 2.75) is 6.04 Å². The molecule has 11 heteroatoms. The summed E-state index contributed by atoms with van der Waals surface area (Å²) in [6.45, 7) is 0. The van der Waals surface area contributed by atoms with E-state index in [9.17, 15) is 5.26 Å². The second-order valence-corrected chi connectivity index (χ2v) is 7.67. The van der Waals surface area contributed by atoms with Gasteiger partial charge in [-0.2, -0.15) is 10.5 Å². The number of nitriles is 2. The van der Waals surface area contributed by atoms with Crippen molar-refractivity contribution < 1.29 is 4.39 Å². The molecule has 1 unspecified atom stereocenters. The lowest BCUT2D eigenvalue weighted by Crippen LogP contribution is -2.33. The number of halogens is 3. The van der Waals surface area contributed by atoms with Crippen LogP contribution in [0, 0.1) is 28.6 Å². The molecule has 0 amide bonds. The van der Waals surface area contributed by atoms with E-state index >= 15 is 4.39 Å². The van der Waals surface area contributed by atoms with E-state index in [1.807, 2.05) is 6.07 Å². The fourth-order valence-corrected chi connectivity index (χ4v) is 3.98. The Bertz CT molecular complexity index is 1350. The van der Waals surface area contributed by atoms with E-state index in [0.717, 1.165) is 0 Å². The van der Waals surface area contributed by atoms with Crippen molar-refractivity contribution in [2.24, 2.45) is 4.99 Å². The molecule has 8 nitrogen and oxygen atoms in total. The molecular weight excluding hydrogens is 454 g/mol. The molecule has 0 radical (unpaired) electrons. The minimum Gasteiger partial charge on any atom is -0.397 e. The average molecular weight is 467 g/mol. The van der Waals surface area contributed by atoms with Crippen molar-refractivity contribution >= 4 is 46.5 Å². The summed E-state index contributed by atoms with van der Waals surface area (Å²) in [4.78, 5) is 8.51. The summed E-state index contributed by atoms with van der Waals surface area (Å²) in [5.41, 5.74) is 13.6. The van der Waals surface area contributed by atoms with E-state index in [1.165, 1.54) is 12.1 Å². The van der Waals surface area contributed by atoms with Gasteiger partial charge in [-0.3, -0.25) is 5.32 Å². The predicted molar refractivity (Wildman–Crippen MR) is 121 cm³/mol. The van der Waals surface area contributed by atoms with Gasteiger partial charge in [-0.1, -0.05) is 35.3 Å². The molecule has 0 fully saturated rings. The Morgan fingerprint density at radius 3 is 2.41 bits per heavy atom. The number of hydrogen-bond acceptors (Lipinski definition) is 8. The number of pyridine rings is 1. The van der Waals surface area contributed by atoms with E-state index in [-0.39, 0.29) is 40.0 Å². The SMILES string of the molecule is N#CNC1=NC(c2ccc(-c3cc(Cl)cc(Cl)c3)cc2F)c2c(nc(N)c(C#N)c2N)N1. The highest BCUT2D eigenvalue weighted by Crippen LogP contribution is 2.42. The minimum absolute atomic E-state index is 0.0253. The molecule has 6 N–H and O–H groups in total. The third kappa shape index (κ3) is 3.71. The maximum absolute atomic E-state index is 15.3. The first-order valence-electron chi connectivity index (χ1n) is 9.07. The highest BCUT2D eigenvalue weighted by Gasteiger charge is 2.31. The molecule has 3 aromatic rings. The van der Waals surface area contributed by atoms with Crippen molar-refractivity contribution in [2.75, 3.05) is 16.8 Å². The van der Waals surface area contributed by atoms with Gasteiger partial charge in [0, 0.05) is 21.2 Å². The molecular formula is C21H13Cl2FN8. The van der Waals surface area contributed by atoms with Gasteiger partial charge in [-0.05, 0) is 35.4 Å². The van der Waals surface area contributed by atoms with Gasteiger partial charge >= 0.3 is 0 Å². The van der Waals surface area contributed by atoms with Crippen LogP contribution < -0.4 is 22.1 Å². The fourth-order valence-electron chi connectivity index (χ4n) is 3.45. The largest absolute Gasteiger partial charge is 0.397 e. The molecule has 0 spiro atoms. The van der Waals surface area contributed by atoms with E-state index in [0.29, 0.717) is 21.2 Å². The predicted octanol–water partition coefficient (Wildman–Crippen LogP) is 4.17. The normalized spacial score (nSPS) is 14.4. The maximum Gasteiger partial charge on any atom is 0.211 e. The Balaban J connectivity index is 1.87. The summed E-state index contributed by atoms with van der Waals surface area (Å²) in [6.07, 6.45) is 1.74. The number of nitrogen functional groups attached to an aromatic ring is 2. The Morgan fingerprint density at radius 1 is 1.06 bits per heavy atom. The van der Waals surface area contributed by atoms with Crippen LogP contribution >= 0.6 is 23.2 Å². The summed E-state index contributed by atoms with van der Waals surface area (Å²) in [5.74, 6) is -0.485. The maximum atomic E-state index is 15.3. The molecule has 32 heavy (non-hydrogen) atoms. The number of anilines is 3. The smallest absolute Gasteiger partial charge is 0.211 e. The van der Waals surface area contributed by atoms with Gasteiger partial charge in [0.15, 0.2) is 6.19 Å². The molecule has 0 bridgehead atoms. The summed E-state index contributed by atoms with van der Waals surface area (Å²) in [5, 5.41) is 24.4. The molecule has 1 atom stereocenters. The molecule has 2 aromatic carbocycles. The third-order valence-electron chi connectivity index (χ3n) is 4.85. The zero-order valence-electron chi connectivity index (χ0n) is 16.1. The molecule has 0 saturated carbocycles. The molecule has 2 heterocycles. The number of guanidine groups is 1. The number of fused-ring (bicyclic) bond motifs is 1. The van der Waals surface area contributed by atoms with Gasteiger partial charge in [0.1, 0.15) is 35.1 Å². The molecule has 1 aliphatic rings. The fraction of sp³-hybridized carbons (Fsp3) is 0.0476. The second-order valence-electron chi connectivity index (χ2n) is 6.80. The van der Waals surface area contributed by atoms with Gasteiger partial charge in [-0.25, -0.2) is 14.4 Å². The van der Waals surface area contributed by atoms with Crippen LogP contribution in [0.25, 0.3) is 11.1 Å². The van der Waals surface area contributed by atoms with Gasteiger partial charge in [0.05, 0.1) is 5.69 Å². The lowest BCUT2D eigenvalue weighted by molar-refractivity contribution is 0.600. The van der Waals surface area contributed by atoms with E-state index in [2.05, 4.69) is 20.6 Å². The number of nitrogens with two attached hydrogens (primary N) is 2. The molecule has 1 aromatic heterocycles. The summed E-state index contributed by atoms with van der Waals surface area (Å²) in [6, 6.07) is 10.4. The molecule has 0 aliphatic carbocycles. The zero-order valence-corrected chi connectivity index (χ0v) is 17.6. The third-order valence-corrected chi connectivity index (χ3v) is 5.28. The second kappa shape index (κ2) is 8.23. The number of nitrogens with one attached hydrogen (secondary N) is 2. The lowest BCUT2D eigenvalue weighted by Gasteiger charge is -2.26. The first-order chi connectivity index (χ1) is 15.3. The number of rotatable bonds is 2. The van der Waals surface area contributed by atoms with Crippen LogP contribution in [-0.4, -0.2) is 10.9 Å². The number of benzene rings is 2. The van der Waals surface area contributed by atoms with Crippen LogP contribution in [0.1, 0.15) is 22.7 Å². The quantitative estimate of drug-likeness (QED) is 0.326. The lowest BCUT2D eigenvalue weighted by atomic mass is 9.93. The standard InChI is InChI=1S/C21H13Cl2FN8/c22-11-3-10(4-12(23)6-11)9-1-2-13(15(24)5-9)18-16-17(27)14(7-25)19(28)31-20(16)32-21(30-18)29-8-26/h1-6,18H,(H6,27,28,29,30,31,32). The van der Waals surface area contributed by atoms with Crippen LogP contribution in [0.4, 0.5) is 21.7 Å². The molecule has 158 valence electrons.